The first-order valence-corrected chi connectivity index (χ1v) is 7.17. The van der Waals surface area contributed by atoms with Crippen molar-refractivity contribution in [3.05, 3.63) is 22.8 Å². The van der Waals surface area contributed by atoms with Crippen LogP contribution in [0.25, 0.3) is 0 Å². The molecule has 0 bridgehead atoms. The van der Waals surface area contributed by atoms with E-state index in [9.17, 15) is 4.79 Å². The number of aryl methyl sites for hydroxylation is 2. The molecule has 0 spiro atoms. The van der Waals surface area contributed by atoms with Gasteiger partial charge in [0, 0.05) is 18.5 Å². The van der Waals surface area contributed by atoms with Gasteiger partial charge in [-0.2, -0.15) is 10.1 Å². The topological polar surface area (TPSA) is 99.4 Å². The maximum atomic E-state index is 11.9. The second-order valence-electron chi connectivity index (χ2n) is 5.66. The first-order valence-electron chi connectivity index (χ1n) is 7.17. The zero-order valence-electron chi connectivity index (χ0n) is 12.9. The highest BCUT2D eigenvalue weighted by Gasteiger charge is 2.11. The predicted molar refractivity (Wildman–Crippen MR) is 79.9 cm³/mol. The normalized spacial score (nSPS) is 11.1. The Kier molecular flexibility index (Phi) is 4.72. The van der Waals surface area contributed by atoms with E-state index in [1.54, 1.807) is 0 Å². The first kappa shape index (κ1) is 15.2. The highest BCUT2D eigenvalue weighted by molar-refractivity contribution is 5.89. The monoisotopic (exact) mass is 290 g/mol. The molecule has 21 heavy (non-hydrogen) atoms. The van der Waals surface area contributed by atoms with Gasteiger partial charge in [-0.15, -0.1) is 5.10 Å². The minimum Gasteiger partial charge on any atom is -0.293 e. The van der Waals surface area contributed by atoms with Crippen molar-refractivity contribution in [3.63, 3.8) is 0 Å². The van der Waals surface area contributed by atoms with Gasteiger partial charge in [0.25, 0.3) is 0 Å². The van der Waals surface area contributed by atoms with Gasteiger partial charge < -0.3 is 0 Å². The number of nitrogens with one attached hydrogen (secondary N) is 3. The molecule has 0 radical (unpaired) electrons. The summed E-state index contributed by atoms with van der Waals surface area (Å²) in [6, 6.07) is 0. The number of H-pyrrole nitrogens is 2. The van der Waals surface area contributed by atoms with Gasteiger partial charge in [0.05, 0.1) is 5.69 Å². The lowest BCUT2D eigenvalue weighted by Gasteiger charge is -2.02. The van der Waals surface area contributed by atoms with Gasteiger partial charge in [0.2, 0.25) is 11.9 Å². The Balaban J connectivity index is 1.86. The molecule has 2 aromatic rings. The number of aromatic amines is 2. The second-order valence-corrected chi connectivity index (χ2v) is 5.66. The number of anilines is 1. The fraction of sp³-hybridized carbons (Fsp3) is 0.571. The second kappa shape index (κ2) is 6.51. The molecule has 0 aromatic carbocycles. The van der Waals surface area contributed by atoms with Crippen molar-refractivity contribution in [2.24, 2.45) is 5.92 Å². The van der Waals surface area contributed by atoms with Crippen molar-refractivity contribution in [3.8, 4) is 0 Å². The Hall–Kier alpha value is -2.18. The van der Waals surface area contributed by atoms with Crippen molar-refractivity contribution < 1.29 is 4.79 Å². The molecule has 2 heterocycles. The average Bonchev–Trinajstić information content (AvgIpc) is 2.95. The summed E-state index contributed by atoms with van der Waals surface area (Å²) in [7, 11) is 0. The fourth-order valence-electron chi connectivity index (χ4n) is 2.20. The molecule has 3 N–H and O–H groups in total. The van der Waals surface area contributed by atoms with E-state index in [0.717, 1.165) is 29.2 Å². The summed E-state index contributed by atoms with van der Waals surface area (Å²) < 4.78 is 0. The molecule has 0 unspecified atom stereocenters. The maximum Gasteiger partial charge on any atom is 0.248 e. The number of carbonyl (C=O) groups excluding carboxylic acids is 1. The lowest BCUT2D eigenvalue weighted by Crippen LogP contribution is -2.13. The number of aromatic nitrogens is 5. The number of nitrogens with zero attached hydrogens (tertiary/aromatic N) is 3. The first-order chi connectivity index (χ1) is 9.95. The molecule has 1 amide bonds. The molecule has 0 aliphatic carbocycles. The molecule has 7 heteroatoms. The Labute approximate surface area is 123 Å². The van der Waals surface area contributed by atoms with Crippen LogP contribution in [0.2, 0.25) is 0 Å². The van der Waals surface area contributed by atoms with Gasteiger partial charge in [0.15, 0.2) is 0 Å². The van der Waals surface area contributed by atoms with Crippen molar-refractivity contribution >= 4 is 11.9 Å². The lowest BCUT2D eigenvalue weighted by molar-refractivity contribution is -0.116. The van der Waals surface area contributed by atoms with Crippen molar-refractivity contribution in [1.29, 1.82) is 0 Å². The van der Waals surface area contributed by atoms with Crippen LogP contribution >= 0.6 is 0 Å². The standard InChI is InChI=1S/C14H22N6O/c1-8(2)7-12-15-14(20-19-12)16-13(21)6-5-11-9(3)17-18-10(11)4/h8H,5-7H2,1-4H3,(H,17,18)(H2,15,16,19,20,21). The molecule has 2 aromatic heterocycles. The number of hydrogen-bond donors (Lipinski definition) is 3. The van der Waals surface area contributed by atoms with E-state index >= 15 is 0 Å². The Morgan fingerprint density at radius 1 is 1.24 bits per heavy atom. The molecule has 0 aliphatic rings. The zero-order chi connectivity index (χ0) is 15.4. The van der Waals surface area contributed by atoms with E-state index in [2.05, 4.69) is 44.5 Å². The van der Waals surface area contributed by atoms with Crippen LogP contribution in [0.3, 0.4) is 0 Å². The molecule has 0 aliphatic heterocycles. The van der Waals surface area contributed by atoms with Crippen LogP contribution in [-0.4, -0.2) is 31.3 Å². The summed E-state index contributed by atoms with van der Waals surface area (Å²) in [5.74, 6) is 1.54. The predicted octanol–water partition coefficient (Wildman–Crippen LogP) is 1.91. The van der Waals surface area contributed by atoms with Crippen LogP contribution in [0.5, 0.6) is 0 Å². The van der Waals surface area contributed by atoms with Gasteiger partial charge in [-0.25, -0.2) is 0 Å². The quantitative estimate of drug-likeness (QED) is 0.756. The summed E-state index contributed by atoms with van der Waals surface area (Å²) >= 11 is 0. The number of rotatable bonds is 6. The van der Waals surface area contributed by atoms with E-state index in [0.29, 0.717) is 24.7 Å². The van der Waals surface area contributed by atoms with Crippen LogP contribution < -0.4 is 5.32 Å². The minimum absolute atomic E-state index is 0.0925. The number of amides is 1. The summed E-state index contributed by atoms with van der Waals surface area (Å²) in [6.45, 7) is 8.11. The largest absolute Gasteiger partial charge is 0.293 e. The molecular formula is C14H22N6O. The van der Waals surface area contributed by atoms with Gasteiger partial charge >= 0.3 is 0 Å². The Bertz CT molecular complexity index is 593. The molecular weight excluding hydrogens is 268 g/mol. The van der Waals surface area contributed by atoms with Crippen LogP contribution in [0.4, 0.5) is 5.95 Å². The third kappa shape index (κ3) is 4.14. The third-order valence-electron chi connectivity index (χ3n) is 3.27. The van der Waals surface area contributed by atoms with E-state index in [1.807, 2.05) is 13.8 Å². The molecule has 0 saturated heterocycles. The minimum atomic E-state index is -0.0925. The number of hydrogen-bond acceptors (Lipinski definition) is 4. The molecule has 7 nitrogen and oxygen atoms in total. The van der Waals surface area contributed by atoms with E-state index in [1.165, 1.54) is 0 Å². The van der Waals surface area contributed by atoms with Gasteiger partial charge in [-0.05, 0) is 31.7 Å². The highest BCUT2D eigenvalue weighted by atomic mass is 16.1. The summed E-state index contributed by atoms with van der Waals surface area (Å²) in [6.07, 6.45) is 1.86. The van der Waals surface area contributed by atoms with Gasteiger partial charge in [-0.3, -0.25) is 20.3 Å². The highest BCUT2D eigenvalue weighted by Crippen LogP contribution is 2.12. The summed E-state index contributed by atoms with van der Waals surface area (Å²) in [5, 5.41) is 16.6. The summed E-state index contributed by atoms with van der Waals surface area (Å²) in [5.41, 5.74) is 3.05. The average molecular weight is 290 g/mol. The van der Waals surface area contributed by atoms with Crippen molar-refractivity contribution in [2.75, 3.05) is 5.32 Å². The van der Waals surface area contributed by atoms with Gasteiger partial charge in [0.1, 0.15) is 5.82 Å². The van der Waals surface area contributed by atoms with E-state index < -0.39 is 0 Å². The molecule has 114 valence electrons. The number of carbonyl (C=O) groups is 1. The van der Waals surface area contributed by atoms with Crippen molar-refractivity contribution in [1.82, 2.24) is 25.4 Å². The molecule has 2 rings (SSSR count). The third-order valence-corrected chi connectivity index (χ3v) is 3.27. The molecule has 0 saturated carbocycles. The molecule has 0 fully saturated rings. The van der Waals surface area contributed by atoms with Crippen LogP contribution in [0, 0.1) is 19.8 Å². The van der Waals surface area contributed by atoms with E-state index in [-0.39, 0.29) is 5.91 Å². The van der Waals surface area contributed by atoms with Gasteiger partial charge in [-0.1, -0.05) is 13.8 Å². The summed E-state index contributed by atoms with van der Waals surface area (Å²) in [4.78, 5) is 16.2. The van der Waals surface area contributed by atoms with Crippen LogP contribution in [-0.2, 0) is 17.6 Å². The van der Waals surface area contributed by atoms with Crippen LogP contribution in [0.1, 0.15) is 43.0 Å². The zero-order valence-corrected chi connectivity index (χ0v) is 12.9. The van der Waals surface area contributed by atoms with Crippen molar-refractivity contribution in [2.45, 2.75) is 47.0 Å². The maximum absolute atomic E-state index is 11.9. The Morgan fingerprint density at radius 2 is 2.00 bits per heavy atom. The van der Waals surface area contributed by atoms with Crippen LogP contribution in [0.15, 0.2) is 0 Å². The lowest BCUT2D eigenvalue weighted by atomic mass is 10.1. The smallest absolute Gasteiger partial charge is 0.248 e. The fourth-order valence-corrected chi connectivity index (χ4v) is 2.20. The Morgan fingerprint density at radius 3 is 2.62 bits per heavy atom. The SMILES string of the molecule is Cc1n[nH]c(C)c1CCC(=O)Nc1n[nH]c(CC(C)C)n1. The molecule has 0 atom stereocenters. The van der Waals surface area contributed by atoms with E-state index in [4.69, 9.17) is 0 Å².